The number of nitrogens with one attached hydrogen (secondary N) is 6. The van der Waals surface area contributed by atoms with Crippen LogP contribution in [0.2, 0.25) is 0 Å². The van der Waals surface area contributed by atoms with Crippen LogP contribution in [-0.2, 0) is 53.1 Å². The van der Waals surface area contributed by atoms with Gasteiger partial charge in [-0.1, -0.05) is 76.9 Å². The van der Waals surface area contributed by atoms with E-state index >= 15 is 0 Å². The van der Waals surface area contributed by atoms with Gasteiger partial charge >= 0.3 is 12.1 Å². The number of anilines is 2. The molecule has 4 aromatic rings. The molecule has 7 rings (SSSR count). The summed E-state index contributed by atoms with van der Waals surface area (Å²) in [5.74, 6) is -7.08. The van der Waals surface area contributed by atoms with Gasteiger partial charge < -0.3 is 53.0 Å². The third-order valence-corrected chi connectivity index (χ3v) is 15.9. The molecule has 3 aliphatic rings. The summed E-state index contributed by atoms with van der Waals surface area (Å²) >= 11 is 0. The second-order valence-electron chi connectivity index (χ2n) is 24.0. The number of likely N-dealkylation sites (N-methyl/N-ethyl adjacent to an activating group) is 1. The average molecular weight is 1310 g/mol. The standard InChI is InChI=1S/C41H53F2N7O9.C28H36N6O2/c1-26(2)36(49-33(52)9-5-4-6-21-50-34(53)18-19-35(50)54)32(51)22-30(8-7-20-45-39(44)57)38(56)48-31-16-12-28(13-17-31)23-59-40(58)47-25-41(42,43)24-46-37(55)29-14-10-27(3)11-15-29;1-4-10-34(11-5-2)28(36)21-13-19-7-8-20(15-25(19)32-26(29)16-21)27(35)31-23-14-22-18-33(6-3)12-9-24(22)30-17-23/h10-19,26,30,36H,4-9,20-25H2,1-3H3,(H,46,55)(H,47,58)(H,48,56)(H,49,52)(H3,44,45,57);7-8,13-15,17H,4-6,9-12,16,18H2,1-3H3,(H2,29,32)(H,31,35)/t30-,36+;/m1./s1. The van der Waals surface area contributed by atoms with E-state index in [2.05, 4.69) is 62.2 Å². The van der Waals surface area contributed by atoms with Crippen LogP contribution in [-0.4, -0.2) is 149 Å². The fraction of sp³-hybridized carbons (Fsp3) is 0.449. The Hall–Kier alpha value is -9.72. The van der Waals surface area contributed by atoms with Gasteiger partial charge in [-0.25, -0.2) is 23.4 Å². The van der Waals surface area contributed by atoms with Crippen LogP contribution in [0.15, 0.2) is 102 Å². The number of unbranched alkanes of at least 4 members (excludes halogenated alkanes) is 2. The summed E-state index contributed by atoms with van der Waals surface area (Å²) in [6.07, 6.45) is 9.91. The molecule has 10 amide bonds. The van der Waals surface area contributed by atoms with Crippen LogP contribution < -0.4 is 43.4 Å². The van der Waals surface area contributed by atoms with Gasteiger partial charge in [-0.05, 0) is 118 Å². The maximum Gasteiger partial charge on any atom is 0.407 e. The van der Waals surface area contributed by atoms with Gasteiger partial charge in [-0.2, -0.15) is 0 Å². The third kappa shape index (κ3) is 24.0. The molecule has 0 unspecified atom stereocenters. The molecule has 26 heteroatoms. The van der Waals surface area contributed by atoms with E-state index in [4.69, 9.17) is 16.2 Å². The third-order valence-electron chi connectivity index (χ3n) is 15.9. The van der Waals surface area contributed by atoms with E-state index in [1.807, 2.05) is 35.3 Å². The van der Waals surface area contributed by atoms with E-state index in [9.17, 15) is 56.7 Å². The molecule has 510 valence electrons. The number of hydrogen-bond donors (Lipinski definition) is 8. The number of ketones is 1. The SMILES string of the molecule is CCCN(CCC)C(=O)C1=Cc2ccc(C(=O)Nc3cnc4c(c3)CN(CC)CC4)cc2N=C(N)C1.Cc1ccc(C(=O)NCC(F)(F)CNC(=O)OCc2ccc(NC(=O)[C@H](CCCNC(N)=O)CC(=O)[C@@H](NC(=O)CCCCCN3C(=O)C=CC3=O)C(C)C)cc2)cc1. The summed E-state index contributed by atoms with van der Waals surface area (Å²) in [6, 6.07) is 18.2. The van der Waals surface area contributed by atoms with Crippen LogP contribution in [0.4, 0.5) is 35.4 Å². The normalized spacial score (nSPS) is 14.1. The Bertz CT molecular complexity index is 3460. The molecule has 0 saturated carbocycles. The van der Waals surface area contributed by atoms with Crippen LogP contribution in [0.25, 0.3) is 6.08 Å². The smallest absolute Gasteiger partial charge is 0.407 e. The number of Topliss-reactive ketones (excluding diaryl/α,β-unsaturated/α-hetero) is 1. The van der Waals surface area contributed by atoms with Crippen LogP contribution in [0.3, 0.4) is 0 Å². The molecule has 1 aromatic heterocycles. The van der Waals surface area contributed by atoms with Gasteiger partial charge in [-0.3, -0.25) is 53.1 Å². The van der Waals surface area contributed by atoms with Gasteiger partial charge in [0.15, 0.2) is 5.78 Å². The highest BCUT2D eigenvalue weighted by molar-refractivity contribution is 6.13. The minimum atomic E-state index is -3.45. The lowest BCUT2D eigenvalue weighted by molar-refractivity contribution is -0.137. The molecule has 2 atom stereocenters. The van der Waals surface area contributed by atoms with Crippen molar-refractivity contribution >= 4 is 88.2 Å². The zero-order valence-corrected chi connectivity index (χ0v) is 55.0. The van der Waals surface area contributed by atoms with Crippen molar-refractivity contribution in [2.24, 2.45) is 28.3 Å². The number of aliphatic imine (C=N–C) groups is 1. The number of amides is 10. The first-order valence-electron chi connectivity index (χ1n) is 32.3. The van der Waals surface area contributed by atoms with Crippen molar-refractivity contribution in [1.82, 2.24) is 41.0 Å². The Labute approximate surface area is 552 Å². The summed E-state index contributed by atoms with van der Waals surface area (Å²) in [6.45, 7) is 14.0. The lowest BCUT2D eigenvalue weighted by atomic mass is 9.89. The number of imide groups is 1. The highest BCUT2D eigenvalue weighted by Gasteiger charge is 2.32. The van der Waals surface area contributed by atoms with Crippen molar-refractivity contribution in [3.05, 3.63) is 136 Å². The summed E-state index contributed by atoms with van der Waals surface area (Å²) < 4.78 is 33.7. The molecule has 0 radical (unpaired) electrons. The maximum absolute atomic E-state index is 14.3. The molecule has 10 N–H and O–H groups in total. The number of aromatic nitrogens is 1. The minimum absolute atomic E-state index is 0.00642. The lowest BCUT2D eigenvalue weighted by Gasteiger charge is -2.27. The monoisotopic (exact) mass is 1310 g/mol. The fourth-order valence-electron chi connectivity index (χ4n) is 10.7. The van der Waals surface area contributed by atoms with E-state index in [1.54, 1.807) is 56.4 Å². The number of fused-ring (bicyclic) bond motifs is 2. The van der Waals surface area contributed by atoms with Crippen LogP contribution >= 0.6 is 0 Å². The van der Waals surface area contributed by atoms with E-state index < -0.39 is 54.9 Å². The molecule has 0 spiro atoms. The van der Waals surface area contributed by atoms with E-state index in [1.165, 1.54) is 36.4 Å². The number of pyridine rings is 1. The number of aryl methyl sites for hydroxylation is 1. The number of halogens is 2. The van der Waals surface area contributed by atoms with Crippen molar-refractivity contribution < 1.29 is 61.5 Å². The second kappa shape index (κ2) is 36.7. The number of benzene rings is 3. The predicted octanol–water partition coefficient (Wildman–Crippen LogP) is 8.01. The molecule has 0 bridgehead atoms. The first kappa shape index (κ1) is 74.3. The molecule has 24 nitrogen and oxygen atoms in total. The maximum atomic E-state index is 14.3. The Morgan fingerprint density at radius 1 is 0.789 bits per heavy atom. The number of ether oxygens (including phenoxy) is 1. The lowest BCUT2D eigenvalue weighted by Crippen LogP contribution is -2.45. The van der Waals surface area contributed by atoms with Gasteiger partial charge in [0.25, 0.3) is 29.6 Å². The second-order valence-corrected chi connectivity index (χ2v) is 24.0. The molecule has 0 fully saturated rings. The zero-order chi connectivity index (χ0) is 69.2. The van der Waals surface area contributed by atoms with E-state index in [0.717, 1.165) is 66.2 Å². The first-order chi connectivity index (χ1) is 45.3. The number of nitrogens with two attached hydrogens (primary N) is 2. The van der Waals surface area contributed by atoms with Gasteiger partial charge in [0, 0.05) is 117 Å². The Morgan fingerprint density at radius 2 is 1.47 bits per heavy atom. The van der Waals surface area contributed by atoms with Crippen molar-refractivity contribution in [2.45, 2.75) is 137 Å². The van der Waals surface area contributed by atoms with Crippen LogP contribution in [0, 0.1) is 18.8 Å². The molecular formula is C69H89F2N13O11. The fourth-order valence-corrected chi connectivity index (χ4v) is 10.7. The molecule has 3 aliphatic heterocycles. The summed E-state index contributed by atoms with van der Waals surface area (Å²) in [7, 11) is 0. The predicted molar refractivity (Wildman–Crippen MR) is 357 cm³/mol. The van der Waals surface area contributed by atoms with Gasteiger partial charge in [0.2, 0.25) is 17.7 Å². The van der Waals surface area contributed by atoms with Crippen molar-refractivity contribution in [3.63, 3.8) is 0 Å². The highest BCUT2D eigenvalue weighted by Crippen LogP contribution is 2.30. The number of nitrogens with zero attached hydrogens (tertiary/aromatic N) is 5. The number of alkyl carbamates (subject to hydrolysis) is 1. The van der Waals surface area contributed by atoms with Crippen molar-refractivity contribution in [1.29, 1.82) is 0 Å². The minimum Gasteiger partial charge on any atom is -0.445 e. The van der Waals surface area contributed by atoms with Gasteiger partial charge in [-0.15, -0.1) is 0 Å². The number of carbonyl (C=O) groups is 10. The molecule has 3 aromatic carbocycles. The largest absolute Gasteiger partial charge is 0.445 e. The number of primary amides is 1. The van der Waals surface area contributed by atoms with Crippen molar-refractivity contribution in [3.8, 4) is 0 Å². The zero-order valence-electron chi connectivity index (χ0n) is 55.0. The van der Waals surface area contributed by atoms with E-state index in [-0.39, 0.29) is 92.2 Å². The molecule has 95 heavy (non-hydrogen) atoms. The Kier molecular flexibility index (Phi) is 28.7. The average Bonchev–Trinajstić information content (AvgIpc) is 1.83. The highest BCUT2D eigenvalue weighted by atomic mass is 19.3. The number of urea groups is 1. The molecular weight excluding hydrogens is 1220 g/mol. The number of rotatable bonds is 32. The van der Waals surface area contributed by atoms with Crippen LogP contribution in [0.5, 0.6) is 0 Å². The van der Waals surface area contributed by atoms with Crippen LogP contribution in [0.1, 0.15) is 147 Å². The molecule has 0 aliphatic carbocycles. The number of carbonyl (C=O) groups excluding carboxylic acids is 10. The van der Waals surface area contributed by atoms with E-state index in [0.29, 0.717) is 78.4 Å². The Balaban J connectivity index is 0.000000336. The van der Waals surface area contributed by atoms with Gasteiger partial charge in [0.05, 0.1) is 36.7 Å². The number of hydrogen-bond acceptors (Lipinski definition) is 15. The topological polar surface area (TPSA) is 339 Å². The van der Waals surface area contributed by atoms with Crippen molar-refractivity contribution in [2.75, 3.05) is 63.0 Å². The number of amidine groups is 1. The van der Waals surface area contributed by atoms with Gasteiger partial charge in [0.1, 0.15) is 12.4 Å². The molecule has 4 heterocycles. The number of alkyl halides is 2. The summed E-state index contributed by atoms with van der Waals surface area (Å²) in [5.41, 5.74) is 18.7. The first-order valence-corrected chi connectivity index (χ1v) is 32.3. The molecule has 0 saturated heterocycles. The summed E-state index contributed by atoms with van der Waals surface area (Å²) in [4.78, 5) is 139. The summed E-state index contributed by atoms with van der Waals surface area (Å²) in [5, 5.41) is 15.1. The Morgan fingerprint density at radius 3 is 2.14 bits per heavy atom. The quantitative estimate of drug-likeness (QED) is 0.0170.